The molecule has 0 fully saturated rings. The highest BCUT2D eigenvalue weighted by Crippen LogP contribution is 2.28. The van der Waals surface area contributed by atoms with Gasteiger partial charge in [0.25, 0.3) is 0 Å². The summed E-state index contributed by atoms with van der Waals surface area (Å²) in [6, 6.07) is 16.4. The van der Waals surface area contributed by atoms with Gasteiger partial charge >= 0.3 is 0 Å². The van der Waals surface area contributed by atoms with Gasteiger partial charge in [-0.2, -0.15) is 0 Å². The molecule has 0 radical (unpaired) electrons. The van der Waals surface area contributed by atoms with E-state index in [1.54, 1.807) is 0 Å². The van der Waals surface area contributed by atoms with Gasteiger partial charge in [0.1, 0.15) is 0 Å². The van der Waals surface area contributed by atoms with Crippen molar-refractivity contribution in [1.82, 2.24) is 0 Å². The van der Waals surface area contributed by atoms with Crippen molar-refractivity contribution >= 4 is 17.3 Å². The largest absolute Gasteiger partial charge is 0.289 e. The second-order valence-corrected chi connectivity index (χ2v) is 6.12. The first-order valence-electron chi connectivity index (χ1n) is 7.44. The molecule has 0 aromatic heterocycles. The number of hydrogen-bond acceptors (Lipinski definition) is 1. The number of hydrogen-bond donors (Lipinski definition) is 0. The van der Waals surface area contributed by atoms with E-state index in [-0.39, 0.29) is 0 Å². The molecule has 0 aliphatic carbocycles. The van der Waals surface area contributed by atoms with E-state index in [2.05, 4.69) is 50.0 Å². The number of benzene rings is 2. The highest BCUT2D eigenvalue weighted by Gasteiger charge is 2.05. The van der Waals surface area contributed by atoms with E-state index in [0.717, 1.165) is 40.4 Å². The van der Waals surface area contributed by atoms with Gasteiger partial charge in [0, 0.05) is 22.8 Å². The zero-order valence-corrected chi connectivity index (χ0v) is 13.7. The molecule has 0 amide bonds. The van der Waals surface area contributed by atoms with Gasteiger partial charge in [-0.25, -0.2) is 0 Å². The molecule has 0 saturated heterocycles. The molecule has 21 heavy (non-hydrogen) atoms. The average molecular weight is 300 g/mol. The van der Waals surface area contributed by atoms with E-state index in [0.29, 0.717) is 5.92 Å². The van der Waals surface area contributed by atoms with Crippen molar-refractivity contribution in [3.8, 4) is 11.1 Å². The third-order valence-corrected chi connectivity index (χ3v) is 3.85. The molecule has 1 nitrogen and oxygen atoms in total. The van der Waals surface area contributed by atoms with Crippen LogP contribution in [0.3, 0.4) is 0 Å². The van der Waals surface area contributed by atoms with Crippen LogP contribution in [0.4, 0.5) is 0 Å². The van der Waals surface area contributed by atoms with E-state index >= 15 is 0 Å². The lowest BCUT2D eigenvalue weighted by atomic mass is 10.0. The van der Waals surface area contributed by atoms with Crippen molar-refractivity contribution in [2.45, 2.75) is 27.2 Å². The molecule has 0 saturated carbocycles. The molecule has 2 heteroatoms. The Labute approximate surface area is 132 Å². The summed E-state index contributed by atoms with van der Waals surface area (Å²) in [6.45, 7) is 7.41. The molecule has 0 N–H and O–H groups in total. The van der Waals surface area contributed by atoms with Crippen LogP contribution in [0.25, 0.3) is 11.1 Å². The van der Waals surface area contributed by atoms with E-state index < -0.39 is 0 Å². The molecule has 0 atom stereocenters. The van der Waals surface area contributed by atoms with Crippen LogP contribution in [-0.2, 0) is 0 Å². The minimum atomic E-state index is 0.691. The lowest BCUT2D eigenvalue weighted by Gasteiger charge is -2.08. The lowest BCUT2D eigenvalue weighted by Crippen LogP contribution is -1.99. The molecule has 0 unspecified atom stereocenters. The monoisotopic (exact) mass is 299 g/mol. The Morgan fingerprint density at radius 1 is 1.10 bits per heavy atom. The maximum atomic E-state index is 6.28. The van der Waals surface area contributed by atoms with Crippen LogP contribution in [0.15, 0.2) is 53.5 Å². The van der Waals surface area contributed by atoms with Crippen molar-refractivity contribution in [1.29, 1.82) is 0 Å². The van der Waals surface area contributed by atoms with Crippen LogP contribution in [-0.4, -0.2) is 12.3 Å². The van der Waals surface area contributed by atoms with E-state index in [1.807, 2.05) is 24.3 Å². The molecule has 0 aliphatic heterocycles. The van der Waals surface area contributed by atoms with Crippen LogP contribution in [0.5, 0.6) is 0 Å². The third kappa shape index (κ3) is 4.44. The molecule has 110 valence electrons. The predicted molar refractivity (Wildman–Crippen MR) is 93.4 cm³/mol. The van der Waals surface area contributed by atoms with Crippen LogP contribution in [0.2, 0.25) is 5.02 Å². The van der Waals surface area contributed by atoms with Crippen LogP contribution in [0, 0.1) is 5.92 Å². The van der Waals surface area contributed by atoms with Gasteiger partial charge in [-0.15, -0.1) is 0 Å². The molecule has 0 bridgehead atoms. The zero-order chi connectivity index (χ0) is 15.2. The quantitative estimate of drug-likeness (QED) is 0.613. The molecule has 2 aromatic rings. The zero-order valence-electron chi connectivity index (χ0n) is 12.9. The smallest absolute Gasteiger partial charge is 0.0484 e. The molecule has 2 rings (SSSR count). The van der Waals surface area contributed by atoms with Crippen molar-refractivity contribution in [3.05, 3.63) is 59.1 Å². The minimum Gasteiger partial charge on any atom is -0.289 e. The second-order valence-electron chi connectivity index (χ2n) is 5.71. The van der Waals surface area contributed by atoms with E-state index in [4.69, 9.17) is 11.6 Å². The fourth-order valence-electron chi connectivity index (χ4n) is 2.19. The van der Waals surface area contributed by atoms with Gasteiger partial charge in [0.05, 0.1) is 0 Å². The molecule has 0 heterocycles. The highest BCUT2D eigenvalue weighted by molar-refractivity contribution is 6.33. The van der Waals surface area contributed by atoms with Gasteiger partial charge in [0.2, 0.25) is 0 Å². The number of rotatable bonds is 5. The SMILES string of the molecule is C/C(=N\CCC(C)C)c1cccc(-c2ccccc2Cl)c1. The Kier molecular flexibility index (Phi) is 5.58. The number of aliphatic imine (C=N–C) groups is 1. The third-order valence-electron chi connectivity index (χ3n) is 3.52. The number of halogens is 1. The summed E-state index contributed by atoms with van der Waals surface area (Å²) in [5.41, 5.74) is 4.45. The number of nitrogens with zero attached hydrogens (tertiary/aromatic N) is 1. The van der Waals surface area contributed by atoms with Crippen LogP contribution in [0.1, 0.15) is 32.8 Å². The molecule has 2 aromatic carbocycles. The summed E-state index contributed by atoms with van der Waals surface area (Å²) < 4.78 is 0. The Balaban J connectivity index is 2.24. The molecule has 0 aliphatic rings. The first-order valence-corrected chi connectivity index (χ1v) is 7.82. The van der Waals surface area contributed by atoms with Crippen molar-refractivity contribution in [3.63, 3.8) is 0 Å². The lowest BCUT2D eigenvalue weighted by molar-refractivity contribution is 0.597. The first kappa shape index (κ1) is 15.8. The average Bonchev–Trinajstić information content (AvgIpc) is 2.47. The summed E-state index contributed by atoms with van der Waals surface area (Å²) >= 11 is 6.28. The Bertz CT molecular complexity index is 629. The fourth-order valence-corrected chi connectivity index (χ4v) is 2.43. The Morgan fingerprint density at radius 3 is 2.57 bits per heavy atom. The van der Waals surface area contributed by atoms with Crippen molar-refractivity contribution < 1.29 is 0 Å². The van der Waals surface area contributed by atoms with E-state index in [9.17, 15) is 0 Å². The van der Waals surface area contributed by atoms with Gasteiger partial charge in [-0.05, 0) is 42.5 Å². The maximum absolute atomic E-state index is 6.28. The maximum Gasteiger partial charge on any atom is 0.0484 e. The summed E-state index contributed by atoms with van der Waals surface area (Å²) in [5, 5.41) is 0.782. The van der Waals surface area contributed by atoms with Gasteiger partial charge < -0.3 is 0 Å². The Hall–Kier alpha value is -1.60. The molecule has 0 spiro atoms. The second kappa shape index (κ2) is 7.42. The van der Waals surface area contributed by atoms with Gasteiger partial charge in [0.15, 0.2) is 0 Å². The van der Waals surface area contributed by atoms with Crippen LogP contribution >= 0.6 is 11.6 Å². The van der Waals surface area contributed by atoms with Gasteiger partial charge in [-0.1, -0.05) is 61.8 Å². The normalized spacial score (nSPS) is 12.0. The summed E-state index contributed by atoms with van der Waals surface area (Å²) in [7, 11) is 0. The predicted octanol–water partition coefficient (Wildman–Crippen LogP) is 5.86. The topological polar surface area (TPSA) is 12.4 Å². The van der Waals surface area contributed by atoms with Crippen molar-refractivity contribution in [2.24, 2.45) is 10.9 Å². The Morgan fingerprint density at radius 2 is 1.86 bits per heavy atom. The van der Waals surface area contributed by atoms with E-state index in [1.165, 1.54) is 0 Å². The van der Waals surface area contributed by atoms with Gasteiger partial charge in [-0.3, -0.25) is 4.99 Å². The molecular weight excluding hydrogens is 278 g/mol. The highest BCUT2D eigenvalue weighted by atomic mass is 35.5. The first-order chi connectivity index (χ1) is 10.1. The fraction of sp³-hybridized carbons (Fsp3) is 0.316. The summed E-state index contributed by atoms with van der Waals surface area (Å²) in [6.07, 6.45) is 1.13. The summed E-state index contributed by atoms with van der Waals surface area (Å²) in [5.74, 6) is 0.691. The molecular formula is C19H22ClN. The summed E-state index contributed by atoms with van der Waals surface area (Å²) in [4.78, 5) is 4.68. The van der Waals surface area contributed by atoms with Crippen LogP contribution < -0.4 is 0 Å². The standard InChI is InChI=1S/C19H22ClN/c1-14(2)11-12-21-15(3)16-7-6-8-17(13-16)18-9-4-5-10-19(18)20/h4-10,13-14H,11-12H2,1-3H3/b21-15+. The minimum absolute atomic E-state index is 0.691. The van der Waals surface area contributed by atoms with Crippen molar-refractivity contribution in [2.75, 3.05) is 6.54 Å².